The summed E-state index contributed by atoms with van der Waals surface area (Å²) in [6, 6.07) is 7.75. The monoisotopic (exact) mass is 384 g/mol. The van der Waals surface area contributed by atoms with Gasteiger partial charge in [0.15, 0.2) is 5.82 Å². The molecule has 140 valence electrons. The van der Waals surface area contributed by atoms with Crippen LogP contribution in [-0.2, 0) is 4.74 Å². The van der Waals surface area contributed by atoms with Crippen LogP contribution in [0.5, 0.6) is 0 Å². The van der Waals surface area contributed by atoms with Gasteiger partial charge >= 0.3 is 0 Å². The van der Waals surface area contributed by atoms with Gasteiger partial charge in [-0.2, -0.15) is 10.1 Å². The second kappa shape index (κ2) is 6.98. The third-order valence-corrected chi connectivity index (χ3v) is 5.25. The van der Waals surface area contributed by atoms with Crippen LogP contribution in [0.1, 0.15) is 30.9 Å². The maximum atomic E-state index is 6.23. The Hall–Kier alpha value is -2.38. The molecule has 3 heterocycles. The first kappa shape index (κ1) is 16.8. The summed E-state index contributed by atoms with van der Waals surface area (Å²) < 4.78 is 5.56. The average molecular weight is 385 g/mol. The lowest BCUT2D eigenvalue weighted by molar-refractivity contribution is 0.152. The van der Waals surface area contributed by atoms with Gasteiger partial charge in [0.25, 0.3) is 0 Å². The fraction of sp³-hybridized carbons (Fsp3) is 0.421. The number of benzene rings is 1. The number of aromatic nitrogens is 4. The molecule has 0 spiro atoms. The highest BCUT2D eigenvalue weighted by Crippen LogP contribution is 2.40. The number of anilines is 3. The Balaban J connectivity index is 1.53. The van der Waals surface area contributed by atoms with Crippen molar-refractivity contribution in [1.82, 2.24) is 20.2 Å². The first-order valence-electron chi connectivity index (χ1n) is 9.38. The Morgan fingerprint density at radius 2 is 2.07 bits per heavy atom. The molecule has 5 rings (SSSR count). The molecule has 2 aliphatic rings. The Morgan fingerprint density at radius 1 is 1.15 bits per heavy atom. The molecule has 1 saturated heterocycles. The van der Waals surface area contributed by atoms with E-state index in [1.54, 1.807) is 0 Å². The van der Waals surface area contributed by atoms with E-state index in [0.29, 0.717) is 23.5 Å². The van der Waals surface area contributed by atoms with E-state index in [0.717, 1.165) is 48.7 Å². The summed E-state index contributed by atoms with van der Waals surface area (Å²) >= 11 is 6.23. The quantitative estimate of drug-likeness (QED) is 0.711. The van der Waals surface area contributed by atoms with Crippen LogP contribution in [0.15, 0.2) is 24.3 Å². The van der Waals surface area contributed by atoms with Crippen LogP contribution >= 0.6 is 11.6 Å². The highest BCUT2D eigenvalue weighted by atomic mass is 35.5. The van der Waals surface area contributed by atoms with Crippen molar-refractivity contribution in [3.05, 3.63) is 35.0 Å². The van der Waals surface area contributed by atoms with Crippen LogP contribution in [0.25, 0.3) is 10.9 Å². The first-order chi connectivity index (χ1) is 13.3. The molecule has 1 aliphatic carbocycles. The van der Waals surface area contributed by atoms with Gasteiger partial charge in [-0.3, -0.25) is 5.10 Å². The molecule has 1 aromatic carbocycles. The molecule has 7 nitrogen and oxygen atoms in total. The van der Waals surface area contributed by atoms with Gasteiger partial charge < -0.3 is 15.0 Å². The second-order valence-electron chi connectivity index (χ2n) is 7.09. The molecule has 0 bridgehead atoms. The van der Waals surface area contributed by atoms with Crippen LogP contribution in [-0.4, -0.2) is 46.5 Å². The maximum Gasteiger partial charge on any atom is 0.227 e. The van der Waals surface area contributed by atoms with E-state index in [1.165, 1.54) is 18.5 Å². The zero-order valence-electron chi connectivity index (χ0n) is 14.9. The van der Waals surface area contributed by atoms with Crippen molar-refractivity contribution in [3.8, 4) is 0 Å². The first-order valence-corrected chi connectivity index (χ1v) is 9.76. The molecule has 27 heavy (non-hydrogen) atoms. The number of halogens is 1. The molecule has 0 amide bonds. The van der Waals surface area contributed by atoms with Crippen molar-refractivity contribution in [1.29, 1.82) is 0 Å². The topological polar surface area (TPSA) is 79.0 Å². The average Bonchev–Trinajstić information content (AvgIpc) is 3.47. The molecule has 1 saturated carbocycles. The van der Waals surface area contributed by atoms with Gasteiger partial charge in [-0.15, -0.1) is 0 Å². The summed E-state index contributed by atoms with van der Waals surface area (Å²) in [5, 5.41) is 12.4. The molecule has 8 heteroatoms. The number of fused-ring (bicyclic) bond motifs is 1. The number of hydrogen-bond acceptors (Lipinski definition) is 6. The number of ether oxygens (including phenoxy) is 1. The smallest absolute Gasteiger partial charge is 0.227 e. The molecule has 0 unspecified atom stereocenters. The summed E-state index contributed by atoms with van der Waals surface area (Å²) in [4.78, 5) is 11.7. The van der Waals surface area contributed by atoms with Gasteiger partial charge in [-0.05, 0) is 37.5 Å². The fourth-order valence-electron chi connectivity index (χ4n) is 3.40. The molecular formula is C19H21ClN6O. The van der Waals surface area contributed by atoms with Crippen molar-refractivity contribution in [3.63, 3.8) is 0 Å². The number of H-pyrrole nitrogens is 1. The molecule has 1 aliphatic heterocycles. The molecule has 2 aromatic heterocycles. The van der Waals surface area contributed by atoms with Gasteiger partial charge in [0.1, 0.15) is 5.82 Å². The van der Waals surface area contributed by atoms with Gasteiger partial charge in [0.2, 0.25) is 5.95 Å². The van der Waals surface area contributed by atoms with E-state index in [4.69, 9.17) is 26.3 Å². The van der Waals surface area contributed by atoms with E-state index < -0.39 is 0 Å². The highest BCUT2D eigenvalue weighted by Gasteiger charge is 2.25. The van der Waals surface area contributed by atoms with E-state index in [1.807, 2.05) is 18.2 Å². The Morgan fingerprint density at radius 3 is 2.96 bits per heavy atom. The number of nitrogens with one attached hydrogen (secondary N) is 2. The Bertz CT molecular complexity index is 962. The van der Waals surface area contributed by atoms with Gasteiger partial charge in [0, 0.05) is 47.8 Å². The van der Waals surface area contributed by atoms with E-state index in [2.05, 4.69) is 26.5 Å². The summed E-state index contributed by atoms with van der Waals surface area (Å²) in [6.07, 6.45) is 3.43. The van der Waals surface area contributed by atoms with Gasteiger partial charge in [-0.1, -0.05) is 11.6 Å². The van der Waals surface area contributed by atoms with Crippen molar-refractivity contribution < 1.29 is 4.74 Å². The lowest BCUT2D eigenvalue weighted by Gasteiger charge is -2.21. The van der Waals surface area contributed by atoms with Crippen molar-refractivity contribution >= 4 is 40.1 Å². The van der Waals surface area contributed by atoms with Crippen molar-refractivity contribution in [2.75, 3.05) is 36.5 Å². The van der Waals surface area contributed by atoms with Crippen molar-refractivity contribution in [2.45, 2.75) is 25.2 Å². The predicted octanol–water partition coefficient (Wildman–Crippen LogP) is 3.85. The van der Waals surface area contributed by atoms with Crippen LogP contribution in [0.4, 0.5) is 17.6 Å². The van der Waals surface area contributed by atoms with Crippen molar-refractivity contribution in [2.24, 2.45) is 0 Å². The summed E-state index contributed by atoms with van der Waals surface area (Å²) in [6.45, 7) is 3.14. The molecule has 2 N–H and O–H groups in total. The third-order valence-electron chi connectivity index (χ3n) is 5.01. The molecule has 3 aromatic rings. The minimum Gasteiger partial charge on any atom is -0.380 e. The number of hydrogen-bond donors (Lipinski definition) is 2. The molecular weight excluding hydrogens is 364 g/mol. The standard InChI is InChI=1S/C19H21ClN6O/c20-13-4-5-15-14(10-13)18(22-17-11-16(24-25-17)12-2-3-12)23-19(21-15)26-6-1-8-27-9-7-26/h4-5,10-12H,1-3,6-9H2,(H2,21,22,23,24,25). The van der Waals surface area contributed by atoms with E-state index >= 15 is 0 Å². The second-order valence-corrected chi connectivity index (χ2v) is 7.53. The minimum atomic E-state index is 0.622. The molecule has 2 fully saturated rings. The largest absolute Gasteiger partial charge is 0.380 e. The third kappa shape index (κ3) is 3.57. The Kier molecular flexibility index (Phi) is 4.33. The molecule has 0 radical (unpaired) electrons. The number of nitrogens with zero attached hydrogens (tertiary/aromatic N) is 4. The van der Waals surface area contributed by atoms with Crippen LogP contribution < -0.4 is 10.2 Å². The van der Waals surface area contributed by atoms with E-state index in [9.17, 15) is 0 Å². The minimum absolute atomic E-state index is 0.622. The van der Waals surface area contributed by atoms with Gasteiger partial charge in [0.05, 0.1) is 12.1 Å². The highest BCUT2D eigenvalue weighted by molar-refractivity contribution is 6.31. The lowest BCUT2D eigenvalue weighted by Crippen LogP contribution is -2.28. The molecule has 0 atom stereocenters. The summed E-state index contributed by atoms with van der Waals surface area (Å²) in [7, 11) is 0. The maximum absolute atomic E-state index is 6.23. The van der Waals surface area contributed by atoms with Gasteiger partial charge in [-0.25, -0.2) is 4.98 Å². The van der Waals surface area contributed by atoms with E-state index in [-0.39, 0.29) is 0 Å². The fourth-order valence-corrected chi connectivity index (χ4v) is 3.57. The summed E-state index contributed by atoms with van der Waals surface area (Å²) in [5.74, 6) is 2.81. The predicted molar refractivity (Wildman–Crippen MR) is 106 cm³/mol. The zero-order chi connectivity index (χ0) is 18.2. The van der Waals surface area contributed by atoms with Crippen LogP contribution in [0.3, 0.4) is 0 Å². The van der Waals surface area contributed by atoms with Crippen LogP contribution in [0.2, 0.25) is 5.02 Å². The Labute approximate surface area is 162 Å². The zero-order valence-corrected chi connectivity index (χ0v) is 15.7. The lowest BCUT2D eigenvalue weighted by atomic mass is 10.2. The number of aromatic amines is 1. The summed E-state index contributed by atoms with van der Waals surface area (Å²) in [5.41, 5.74) is 2.04. The normalized spacial score (nSPS) is 17.9. The SMILES string of the molecule is Clc1ccc2nc(N3CCCOCC3)nc(Nc3cc(C4CC4)[nH]n3)c2c1. The van der Waals surface area contributed by atoms with Crippen LogP contribution in [0, 0.1) is 0 Å². The number of rotatable bonds is 4.